The first-order chi connectivity index (χ1) is 7.83. The summed E-state index contributed by atoms with van der Waals surface area (Å²) in [4.78, 5) is 6.86. The lowest BCUT2D eigenvalue weighted by Gasteiger charge is -2.34. The zero-order chi connectivity index (χ0) is 11.4. The van der Waals surface area contributed by atoms with Crippen molar-refractivity contribution in [1.29, 1.82) is 0 Å². The van der Waals surface area contributed by atoms with Gasteiger partial charge in [0.15, 0.2) is 0 Å². The van der Waals surface area contributed by atoms with Crippen LogP contribution in [-0.4, -0.2) is 36.1 Å². The molecule has 0 aromatic carbocycles. The monoisotopic (exact) mass is 283 g/mol. The summed E-state index contributed by atoms with van der Waals surface area (Å²) in [6.45, 7) is 6.68. The fourth-order valence-corrected chi connectivity index (χ4v) is 2.83. The average molecular weight is 284 g/mol. The molecule has 1 aromatic rings. The van der Waals surface area contributed by atoms with Gasteiger partial charge in [-0.05, 0) is 28.4 Å². The topological polar surface area (TPSA) is 28.2 Å². The van der Waals surface area contributed by atoms with Gasteiger partial charge in [-0.1, -0.05) is 13.0 Å². The lowest BCUT2D eigenvalue weighted by Crippen LogP contribution is -2.45. The summed E-state index contributed by atoms with van der Waals surface area (Å²) in [5.41, 5.74) is 1.31. The van der Waals surface area contributed by atoms with Gasteiger partial charge < -0.3 is 5.32 Å². The molecule has 1 aliphatic heterocycles. The molecule has 3 nitrogen and oxygen atoms in total. The van der Waals surface area contributed by atoms with Crippen molar-refractivity contribution in [2.45, 2.75) is 19.4 Å². The van der Waals surface area contributed by atoms with Gasteiger partial charge in [-0.2, -0.15) is 0 Å². The SMILES string of the molecule is CC[C@H](c1cccnc1Br)N1CCNCC1. The van der Waals surface area contributed by atoms with Crippen LogP contribution in [0.25, 0.3) is 0 Å². The van der Waals surface area contributed by atoms with Gasteiger partial charge in [0.05, 0.1) is 0 Å². The number of nitrogens with one attached hydrogen (secondary N) is 1. The van der Waals surface area contributed by atoms with Crippen LogP contribution in [0.15, 0.2) is 22.9 Å². The number of hydrogen-bond donors (Lipinski definition) is 1. The van der Waals surface area contributed by atoms with Gasteiger partial charge in [0.2, 0.25) is 0 Å². The zero-order valence-electron chi connectivity index (χ0n) is 9.62. The Morgan fingerprint density at radius 3 is 2.88 bits per heavy atom. The second kappa shape index (κ2) is 5.75. The molecule has 2 rings (SSSR count). The molecule has 0 bridgehead atoms. The van der Waals surface area contributed by atoms with Crippen LogP contribution in [0.3, 0.4) is 0 Å². The summed E-state index contributed by atoms with van der Waals surface area (Å²) in [5, 5.41) is 3.39. The summed E-state index contributed by atoms with van der Waals surface area (Å²) < 4.78 is 0.986. The van der Waals surface area contributed by atoms with Crippen molar-refractivity contribution < 1.29 is 0 Å². The van der Waals surface area contributed by atoms with Crippen LogP contribution >= 0.6 is 15.9 Å². The summed E-state index contributed by atoms with van der Waals surface area (Å²) in [6.07, 6.45) is 2.96. The summed E-state index contributed by atoms with van der Waals surface area (Å²) in [5.74, 6) is 0. The second-order valence-electron chi connectivity index (χ2n) is 4.09. The Morgan fingerprint density at radius 2 is 2.25 bits per heavy atom. The Bertz CT molecular complexity index is 337. The number of piperazine rings is 1. The minimum atomic E-state index is 0.491. The predicted molar refractivity (Wildman–Crippen MR) is 69.4 cm³/mol. The van der Waals surface area contributed by atoms with Gasteiger partial charge in [0.25, 0.3) is 0 Å². The Morgan fingerprint density at radius 1 is 1.50 bits per heavy atom. The number of halogens is 1. The third-order valence-corrected chi connectivity index (χ3v) is 3.79. The van der Waals surface area contributed by atoms with Crippen molar-refractivity contribution in [2.24, 2.45) is 0 Å². The van der Waals surface area contributed by atoms with Gasteiger partial charge in [-0.3, -0.25) is 4.90 Å². The van der Waals surface area contributed by atoms with E-state index in [9.17, 15) is 0 Å². The molecule has 0 radical (unpaired) electrons. The predicted octanol–water partition coefficient (Wildman–Crippen LogP) is 2.20. The van der Waals surface area contributed by atoms with Crippen molar-refractivity contribution in [2.75, 3.05) is 26.2 Å². The second-order valence-corrected chi connectivity index (χ2v) is 4.84. The molecule has 1 fully saturated rings. The Hall–Kier alpha value is -0.450. The molecule has 1 aliphatic rings. The maximum atomic E-state index is 4.32. The average Bonchev–Trinajstić information content (AvgIpc) is 2.34. The summed E-state index contributed by atoms with van der Waals surface area (Å²) >= 11 is 3.55. The molecule has 1 saturated heterocycles. The molecule has 1 aromatic heterocycles. The first kappa shape index (κ1) is 12.0. The maximum Gasteiger partial charge on any atom is 0.110 e. The molecule has 4 heteroatoms. The molecule has 88 valence electrons. The standard InChI is InChI=1S/C12H18BrN3/c1-2-11(16-8-6-14-7-9-16)10-4-3-5-15-12(10)13/h3-5,11,14H,2,6-9H2,1H3/t11-/m1/s1. The summed E-state index contributed by atoms with van der Waals surface area (Å²) in [7, 11) is 0. The maximum absolute atomic E-state index is 4.32. The quantitative estimate of drug-likeness (QED) is 0.863. The van der Waals surface area contributed by atoms with Crippen LogP contribution in [0, 0.1) is 0 Å². The van der Waals surface area contributed by atoms with E-state index >= 15 is 0 Å². The molecule has 1 atom stereocenters. The Kier molecular flexibility index (Phi) is 4.32. The van der Waals surface area contributed by atoms with Crippen molar-refractivity contribution in [1.82, 2.24) is 15.2 Å². The molecule has 2 heterocycles. The van der Waals surface area contributed by atoms with E-state index in [1.54, 1.807) is 0 Å². The zero-order valence-corrected chi connectivity index (χ0v) is 11.2. The number of nitrogens with zero attached hydrogens (tertiary/aromatic N) is 2. The molecule has 16 heavy (non-hydrogen) atoms. The number of hydrogen-bond acceptors (Lipinski definition) is 3. The van der Waals surface area contributed by atoms with Crippen LogP contribution in [0.4, 0.5) is 0 Å². The Balaban J connectivity index is 2.18. The van der Waals surface area contributed by atoms with Crippen molar-refractivity contribution >= 4 is 15.9 Å². The van der Waals surface area contributed by atoms with Gasteiger partial charge in [-0.15, -0.1) is 0 Å². The van der Waals surface area contributed by atoms with Crippen LogP contribution in [0.1, 0.15) is 24.9 Å². The third-order valence-electron chi connectivity index (χ3n) is 3.13. The fourth-order valence-electron chi connectivity index (χ4n) is 2.32. The number of pyridine rings is 1. The van der Waals surface area contributed by atoms with E-state index in [-0.39, 0.29) is 0 Å². The van der Waals surface area contributed by atoms with Gasteiger partial charge in [0, 0.05) is 44.0 Å². The van der Waals surface area contributed by atoms with Crippen molar-refractivity contribution in [3.8, 4) is 0 Å². The number of rotatable bonds is 3. The van der Waals surface area contributed by atoms with Gasteiger partial charge in [-0.25, -0.2) is 4.98 Å². The van der Waals surface area contributed by atoms with E-state index < -0.39 is 0 Å². The normalized spacial score (nSPS) is 19.6. The van der Waals surface area contributed by atoms with Crippen LogP contribution in [0.5, 0.6) is 0 Å². The first-order valence-corrected chi connectivity index (χ1v) is 6.67. The van der Waals surface area contributed by atoms with E-state index in [2.05, 4.69) is 44.1 Å². The van der Waals surface area contributed by atoms with Gasteiger partial charge >= 0.3 is 0 Å². The highest BCUT2D eigenvalue weighted by atomic mass is 79.9. The van der Waals surface area contributed by atoms with Gasteiger partial charge in [0.1, 0.15) is 4.60 Å². The lowest BCUT2D eigenvalue weighted by atomic mass is 10.0. The highest BCUT2D eigenvalue weighted by Crippen LogP contribution is 2.28. The van der Waals surface area contributed by atoms with Crippen LogP contribution in [0.2, 0.25) is 0 Å². The van der Waals surface area contributed by atoms with E-state index in [0.29, 0.717) is 6.04 Å². The highest BCUT2D eigenvalue weighted by molar-refractivity contribution is 9.10. The van der Waals surface area contributed by atoms with Crippen LogP contribution in [-0.2, 0) is 0 Å². The smallest absolute Gasteiger partial charge is 0.110 e. The highest BCUT2D eigenvalue weighted by Gasteiger charge is 2.22. The van der Waals surface area contributed by atoms with E-state index in [4.69, 9.17) is 0 Å². The number of aromatic nitrogens is 1. The largest absolute Gasteiger partial charge is 0.314 e. The first-order valence-electron chi connectivity index (χ1n) is 5.88. The molecule has 0 aliphatic carbocycles. The fraction of sp³-hybridized carbons (Fsp3) is 0.583. The third kappa shape index (κ3) is 2.62. The minimum absolute atomic E-state index is 0.491. The molecular weight excluding hydrogens is 266 g/mol. The molecule has 0 amide bonds. The van der Waals surface area contributed by atoms with E-state index in [1.807, 2.05) is 12.3 Å². The molecular formula is C12H18BrN3. The van der Waals surface area contributed by atoms with Crippen molar-refractivity contribution in [3.05, 3.63) is 28.5 Å². The Labute approximate surface area is 105 Å². The van der Waals surface area contributed by atoms with Crippen LogP contribution < -0.4 is 5.32 Å². The van der Waals surface area contributed by atoms with E-state index in [1.165, 1.54) is 5.56 Å². The molecule has 1 N–H and O–H groups in total. The molecule has 0 unspecified atom stereocenters. The summed E-state index contributed by atoms with van der Waals surface area (Å²) in [6, 6.07) is 4.68. The minimum Gasteiger partial charge on any atom is -0.314 e. The van der Waals surface area contributed by atoms with E-state index in [0.717, 1.165) is 37.2 Å². The molecule has 0 spiro atoms. The molecule has 0 saturated carbocycles. The lowest BCUT2D eigenvalue weighted by molar-refractivity contribution is 0.168. The van der Waals surface area contributed by atoms with Crippen molar-refractivity contribution in [3.63, 3.8) is 0 Å².